The number of anilines is 1. The van der Waals surface area contributed by atoms with E-state index >= 15 is 0 Å². The molecule has 1 saturated carbocycles. The van der Waals surface area contributed by atoms with Crippen LogP contribution in [0.4, 0.5) is 19.1 Å². The van der Waals surface area contributed by atoms with Crippen LogP contribution in [0.25, 0.3) is 16.8 Å². The molecule has 2 atom stereocenters. The molecule has 1 aromatic carbocycles. The van der Waals surface area contributed by atoms with Crippen molar-refractivity contribution in [2.24, 2.45) is 11.8 Å². The standard InChI is InChI=1S/C21H19F3N6O/c22-21(23,24)31-16-7-5-13(6-8-16)17-2-1-9-30-19(17)27-20(28-30)26-18-14-3-4-15(18)11-29(10-14)12-25/h1-2,5-9,14-15,18H,3-4,10-11H2,(H,26,28). The fourth-order valence-electron chi connectivity index (χ4n) is 4.72. The summed E-state index contributed by atoms with van der Waals surface area (Å²) in [6, 6.07) is 9.58. The van der Waals surface area contributed by atoms with Crippen molar-refractivity contribution in [3.05, 3.63) is 42.6 Å². The van der Waals surface area contributed by atoms with Gasteiger partial charge in [-0.15, -0.1) is 18.3 Å². The van der Waals surface area contributed by atoms with Gasteiger partial charge in [0, 0.05) is 30.9 Å². The Hall–Kier alpha value is -3.48. The molecule has 1 aliphatic heterocycles. The van der Waals surface area contributed by atoms with Crippen LogP contribution < -0.4 is 10.1 Å². The maximum atomic E-state index is 12.4. The van der Waals surface area contributed by atoms with Gasteiger partial charge < -0.3 is 15.0 Å². The molecule has 3 aromatic rings. The number of fused-ring (bicyclic) bond motifs is 3. The van der Waals surface area contributed by atoms with Gasteiger partial charge in [-0.3, -0.25) is 0 Å². The topological polar surface area (TPSA) is 78.5 Å². The summed E-state index contributed by atoms with van der Waals surface area (Å²) < 4.78 is 42.8. The van der Waals surface area contributed by atoms with Crippen molar-refractivity contribution >= 4 is 11.6 Å². The number of ether oxygens (including phenoxy) is 1. The first kappa shape index (κ1) is 19.5. The molecule has 2 unspecified atom stereocenters. The summed E-state index contributed by atoms with van der Waals surface area (Å²) in [5, 5.41) is 17.2. The van der Waals surface area contributed by atoms with Gasteiger partial charge in [-0.05, 0) is 54.5 Å². The highest BCUT2D eigenvalue weighted by molar-refractivity contribution is 5.78. The number of rotatable bonds is 4. The van der Waals surface area contributed by atoms with E-state index in [4.69, 9.17) is 0 Å². The predicted molar refractivity (Wildman–Crippen MR) is 106 cm³/mol. The molecule has 2 aromatic heterocycles. The van der Waals surface area contributed by atoms with Crippen LogP contribution in [-0.4, -0.2) is 45.0 Å². The number of benzene rings is 1. The Labute approximate surface area is 176 Å². The van der Waals surface area contributed by atoms with Crippen molar-refractivity contribution in [1.29, 1.82) is 5.26 Å². The van der Waals surface area contributed by atoms with E-state index in [2.05, 4.69) is 26.3 Å². The Morgan fingerprint density at radius 1 is 1.10 bits per heavy atom. The van der Waals surface area contributed by atoms with E-state index < -0.39 is 6.36 Å². The van der Waals surface area contributed by atoms with E-state index in [0.717, 1.165) is 31.5 Å². The lowest BCUT2D eigenvalue weighted by atomic mass is 9.92. The minimum Gasteiger partial charge on any atom is -0.406 e. The zero-order chi connectivity index (χ0) is 21.6. The summed E-state index contributed by atoms with van der Waals surface area (Å²) in [5.74, 6) is 0.999. The summed E-state index contributed by atoms with van der Waals surface area (Å²) >= 11 is 0. The highest BCUT2D eigenvalue weighted by Gasteiger charge is 2.42. The minimum absolute atomic E-state index is 0.226. The van der Waals surface area contributed by atoms with Gasteiger partial charge in [0.25, 0.3) is 0 Å². The largest absolute Gasteiger partial charge is 0.573 e. The molecular formula is C21H19F3N6O. The first-order valence-corrected chi connectivity index (χ1v) is 10.0. The third-order valence-electron chi connectivity index (χ3n) is 6.03. The molecule has 2 bridgehead atoms. The van der Waals surface area contributed by atoms with Crippen molar-refractivity contribution in [2.45, 2.75) is 25.2 Å². The van der Waals surface area contributed by atoms with Crippen LogP contribution in [0, 0.1) is 23.3 Å². The summed E-state index contributed by atoms with van der Waals surface area (Å²) in [4.78, 5) is 6.47. The number of hydrogen-bond acceptors (Lipinski definition) is 6. The van der Waals surface area contributed by atoms with E-state index in [0.29, 0.717) is 29.0 Å². The van der Waals surface area contributed by atoms with E-state index in [9.17, 15) is 18.4 Å². The number of alkyl halides is 3. The van der Waals surface area contributed by atoms with Gasteiger partial charge in [0.1, 0.15) is 5.75 Å². The first-order valence-electron chi connectivity index (χ1n) is 10.0. The first-order chi connectivity index (χ1) is 14.9. The maximum Gasteiger partial charge on any atom is 0.573 e. The van der Waals surface area contributed by atoms with E-state index in [1.54, 1.807) is 22.8 Å². The molecule has 1 aliphatic carbocycles. The lowest BCUT2D eigenvalue weighted by Gasteiger charge is -2.35. The van der Waals surface area contributed by atoms with Crippen molar-refractivity contribution in [3.63, 3.8) is 0 Å². The molecule has 31 heavy (non-hydrogen) atoms. The van der Waals surface area contributed by atoms with Crippen molar-refractivity contribution < 1.29 is 17.9 Å². The zero-order valence-corrected chi connectivity index (χ0v) is 16.4. The van der Waals surface area contributed by atoms with Gasteiger partial charge in [0.05, 0.1) is 0 Å². The molecule has 0 radical (unpaired) electrons. The van der Waals surface area contributed by atoms with Crippen LogP contribution in [0.5, 0.6) is 5.75 Å². The molecule has 1 saturated heterocycles. The fraction of sp³-hybridized carbons (Fsp3) is 0.381. The molecule has 0 amide bonds. The molecule has 7 nitrogen and oxygen atoms in total. The second kappa shape index (κ2) is 7.34. The Balaban J connectivity index is 1.39. The molecule has 3 heterocycles. The zero-order valence-electron chi connectivity index (χ0n) is 16.4. The normalized spacial score (nSPS) is 23.0. The third kappa shape index (κ3) is 3.83. The van der Waals surface area contributed by atoms with Gasteiger partial charge in [-0.2, -0.15) is 10.2 Å². The Bertz CT molecular complexity index is 1120. The van der Waals surface area contributed by atoms with Crippen molar-refractivity contribution in [3.8, 4) is 23.1 Å². The maximum absolute atomic E-state index is 12.4. The lowest BCUT2D eigenvalue weighted by molar-refractivity contribution is -0.274. The van der Waals surface area contributed by atoms with Crippen LogP contribution >= 0.6 is 0 Å². The van der Waals surface area contributed by atoms with Gasteiger partial charge in [0.2, 0.25) is 5.95 Å². The average Bonchev–Trinajstić information content (AvgIpc) is 3.24. The van der Waals surface area contributed by atoms with Gasteiger partial charge >= 0.3 is 6.36 Å². The molecule has 10 heteroatoms. The SMILES string of the molecule is N#CN1CC2CCC(C1)C2Nc1nc2c(-c3ccc(OC(F)(F)F)cc3)cccn2n1. The number of likely N-dealkylation sites (tertiary alicyclic amines) is 1. The third-order valence-corrected chi connectivity index (χ3v) is 6.03. The average molecular weight is 428 g/mol. The number of hydrogen-bond donors (Lipinski definition) is 1. The summed E-state index contributed by atoms with van der Waals surface area (Å²) in [5.41, 5.74) is 2.07. The number of pyridine rings is 1. The number of nitrogens with zero attached hydrogens (tertiary/aromatic N) is 5. The van der Waals surface area contributed by atoms with Crippen LogP contribution in [0.2, 0.25) is 0 Å². The van der Waals surface area contributed by atoms with Gasteiger partial charge in [-0.1, -0.05) is 12.1 Å². The van der Waals surface area contributed by atoms with E-state index in [1.165, 1.54) is 12.1 Å². The Morgan fingerprint density at radius 2 is 1.81 bits per heavy atom. The number of halogens is 3. The Kier molecular flexibility index (Phi) is 4.61. The van der Waals surface area contributed by atoms with Crippen molar-refractivity contribution in [2.75, 3.05) is 18.4 Å². The lowest BCUT2D eigenvalue weighted by Crippen LogP contribution is -2.46. The molecule has 160 valence electrons. The Morgan fingerprint density at radius 3 is 2.45 bits per heavy atom. The second-order valence-corrected chi connectivity index (χ2v) is 7.97. The van der Waals surface area contributed by atoms with Gasteiger partial charge in [-0.25, -0.2) is 4.52 Å². The summed E-state index contributed by atoms with van der Waals surface area (Å²) in [6.07, 6.45) is 1.46. The van der Waals surface area contributed by atoms with Crippen LogP contribution in [-0.2, 0) is 0 Å². The molecule has 5 rings (SSSR count). The van der Waals surface area contributed by atoms with E-state index in [-0.39, 0.29) is 11.8 Å². The molecule has 2 aliphatic rings. The highest BCUT2D eigenvalue weighted by atomic mass is 19.4. The smallest absolute Gasteiger partial charge is 0.406 e. The molecule has 1 N–H and O–H groups in total. The monoisotopic (exact) mass is 428 g/mol. The molecule has 0 spiro atoms. The number of piperidine rings is 1. The van der Waals surface area contributed by atoms with Crippen LogP contribution in [0.15, 0.2) is 42.6 Å². The predicted octanol–water partition coefficient (Wildman–Crippen LogP) is 3.90. The highest BCUT2D eigenvalue weighted by Crippen LogP contribution is 2.38. The van der Waals surface area contributed by atoms with Crippen LogP contribution in [0.3, 0.4) is 0 Å². The number of aromatic nitrogens is 3. The fourth-order valence-corrected chi connectivity index (χ4v) is 4.72. The van der Waals surface area contributed by atoms with E-state index in [1.807, 2.05) is 17.0 Å². The summed E-state index contributed by atoms with van der Waals surface area (Å²) in [6.45, 7) is 1.49. The second-order valence-electron chi connectivity index (χ2n) is 7.97. The van der Waals surface area contributed by atoms with Crippen molar-refractivity contribution in [1.82, 2.24) is 19.5 Å². The molecule has 2 fully saturated rings. The number of nitrogens with one attached hydrogen (secondary N) is 1. The molecular weight excluding hydrogens is 409 g/mol. The van der Waals surface area contributed by atoms with Crippen LogP contribution in [0.1, 0.15) is 12.8 Å². The van der Waals surface area contributed by atoms with Gasteiger partial charge in [0.15, 0.2) is 11.8 Å². The number of nitriles is 1. The summed E-state index contributed by atoms with van der Waals surface area (Å²) in [7, 11) is 0. The quantitative estimate of drug-likeness (QED) is 0.635. The minimum atomic E-state index is -4.72.